The molecule has 0 rings (SSSR count). The summed E-state index contributed by atoms with van der Waals surface area (Å²) in [5.41, 5.74) is 0. The molecule has 72 valence electrons. The topological polar surface area (TPSA) is 78.8 Å². The maximum atomic E-state index is 10.9. The van der Waals surface area contributed by atoms with Crippen LogP contribution in [-0.2, 0) is 9.53 Å². The van der Waals surface area contributed by atoms with E-state index in [-0.39, 0.29) is 25.5 Å². The van der Waals surface area contributed by atoms with Crippen LogP contribution in [0.3, 0.4) is 0 Å². The summed E-state index contributed by atoms with van der Waals surface area (Å²) in [6.07, 6.45) is 0.243. The van der Waals surface area contributed by atoms with Crippen molar-refractivity contribution in [3.05, 3.63) is 0 Å². The molecule has 0 aliphatic heterocycles. The second kappa shape index (κ2) is 7.02. The van der Waals surface area contributed by atoms with Gasteiger partial charge in [-0.1, -0.05) is 0 Å². The number of aliphatic hydroxyl groups is 2. The van der Waals surface area contributed by atoms with Crippen LogP contribution in [0.2, 0.25) is 0 Å². The number of carbonyl (C=O) groups excluding carboxylic acids is 1. The van der Waals surface area contributed by atoms with Crippen molar-refractivity contribution in [1.29, 1.82) is 0 Å². The Kier molecular flexibility index (Phi) is 6.64. The number of rotatable bonds is 6. The maximum absolute atomic E-state index is 10.9. The van der Waals surface area contributed by atoms with Crippen molar-refractivity contribution in [2.75, 3.05) is 26.9 Å². The van der Waals surface area contributed by atoms with E-state index in [1.807, 2.05) is 0 Å². The Balaban J connectivity index is 3.52. The van der Waals surface area contributed by atoms with Crippen molar-refractivity contribution in [1.82, 2.24) is 5.32 Å². The van der Waals surface area contributed by atoms with Crippen LogP contribution in [0.4, 0.5) is 0 Å². The standard InChI is InChI=1S/C7H15NO4/c1-12-3-2-7(11)8-6(4-9)5-10/h6,9-10H,2-5H2,1H3,(H,8,11). The third-order valence-electron chi connectivity index (χ3n) is 1.34. The molecule has 5 nitrogen and oxygen atoms in total. The predicted molar refractivity (Wildman–Crippen MR) is 42.6 cm³/mol. The number of ether oxygens (including phenoxy) is 1. The molecule has 0 unspecified atom stereocenters. The van der Waals surface area contributed by atoms with E-state index < -0.39 is 6.04 Å². The normalized spacial score (nSPS) is 10.3. The molecule has 0 aliphatic carbocycles. The van der Waals surface area contributed by atoms with Crippen LogP contribution in [0.5, 0.6) is 0 Å². The summed E-state index contributed by atoms with van der Waals surface area (Å²) in [4.78, 5) is 10.9. The molecule has 0 radical (unpaired) electrons. The van der Waals surface area contributed by atoms with Gasteiger partial charge in [-0.3, -0.25) is 4.79 Å². The summed E-state index contributed by atoms with van der Waals surface area (Å²) in [5, 5.41) is 19.6. The first-order chi connectivity index (χ1) is 5.74. The second-order valence-electron chi connectivity index (χ2n) is 2.37. The minimum absolute atomic E-state index is 0.232. The van der Waals surface area contributed by atoms with Crippen LogP contribution in [-0.4, -0.2) is 49.1 Å². The summed E-state index contributed by atoms with van der Waals surface area (Å²) < 4.78 is 4.68. The number of nitrogens with one attached hydrogen (secondary N) is 1. The molecule has 0 aliphatic rings. The average Bonchev–Trinajstić information content (AvgIpc) is 2.10. The molecule has 0 bridgehead atoms. The number of methoxy groups -OCH3 is 1. The molecule has 0 aromatic rings. The van der Waals surface area contributed by atoms with Crippen LogP contribution in [0.1, 0.15) is 6.42 Å². The smallest absolute Gasteiger partial charge is 0.222 e. The van der Waals surface area contributed by atoms with Crippen LogP contribution in [0.25, 0.3) is 0 Å². The van der Waals surface area contributed by atoms with Crippen molar-refractivity contribution in [3.8, 4) is 0 Å². The van der Waals surface area contributed by atoms with Gasteiger partial charge in [-0.05, 0) is 0 Å². The highest BCUT2D eigenvalue weighted by molar-refractivity contribution is 5.76. The van der Waals surface area contributed by atoms with Gasteiger partial charge in [0.25, 0.3) is 0 Å². The predicted octanol–water partition coefficient (Wildman–Crippen LogP) is -1.51. The number of hydrogen-bond acceptors (Lipinski definition) is 4. The van der Waals surface area contributed by atoms with Gasteiger partial charge in [0.1, 0.15) is 0 Å². The van der Waals surface area contributed by atoms with E-state index in [1.54, 1.807) is 0 Å². The molecular weight excluding hydrogens is 162 g/mol. The lowest BCUT2D eigenvalue weighted by atomic mass is 10.3. The van der Waals surface area contributed by atoms with Crippen LogP contribution < -0.4 is 5.32 Å². The molecule has 0 heterocycles. The van der Waals surface area contributed by atoms with E-state index in [2.05, 4.69) is 10.1 Å². The zero-order valence-electron chi connectivity index (χ0n) is 7.12. The molecule has 12 heavy (non-hydrogen) atoms. The third-order valence-corrected chi connectivity index (χ3v) is 1.34. The lowest BCUT2D eigenvalue weighted by Crippen LogP contribution is -2.40. The molecule has 1 amide bonds. The third kappa shape index (κ3) is 5.06. The van der Waals surface area contributed by atoms with Gasteiger partial charge in [0.2, 0.25) is 5.91 Å². The lowest BCUT2D eigenvalue weighted by Gasteiger charge is -2.12. The van der Waals surface area contributed by atoms with Gasteiger partial charge in [0, 0.05) is 13.5 Å². The number of aliphatic hydroxyl groups excluding tert-OH is 2. The Labute approximate surface area is 71.3 Å². The summed E-state index contributed by atoms with van der Waals surface area (Å²) in [6.45, 7) is -0.167. The minimum Gasteiger partial charge on any atom is -0.394 e. The van der Waals surface area contributed by atoms with Gasteiger partial charge in [0.05, 0.1) is 25.9 Å². The average molecular weight is 177 g/mol. The molecule has 0 saturated heterocycles. The SMILES string of the molecule is COCCC(=O)NC(CO)CO. The Morgan fingerprint density at radius 3 is 2.50 bits per heavy atom. The summed E-state index contributed by atoms with van der Waals surface area (Å²) >= 11 is 0. The van der Waals surface area contributed by atoms with E-state index in [9.17, 15) is 4.79 Å². The van der Waals surface area contributed by atoms with Crippen molar-refractivity contribution in [2.24, 2.45) is 0 Å². The van der Waals surface area contributed by atoms with Crippen molar-refractivity contribution in [2.45, 2.75) is 12.5 Å². The fourth-order valence-corrected chi connectivity index (χ4v) is 0.644. The quantitative estimate of drug-likeness (QED) is 0.461. The fourth-order valence-electron chi connectivity index (χ4n) is 0.644. The van der Waals surface area contributed by atoms with Gasteiger partial charge in [0.15, 0.2) is 0 Å². The molecule has 0 aromatic carbocycles. The fraction of sp³-hybridized carbons (Fsp3) is 0.857. The van der Waals surface area contributed by atoms with E-state index in [1.165, 1.54) is 7.11 Å². The molecule has 0 atom stereocenters. The first kappa shape index (κ1) is 11.4. The van der Waals surface area contributed by atoms with Crippen LogP contribution in [0, 0.1) is 0 Å². The molecule has 5 heteroatoms. The molecule has 0 spiro atoms. The Morgan fingerprint density at radius 1 is 1.50 bits per heavy atom. The van der Waals surface area contributed by atoms with Gasteiger partial charge < -0.3 is 20.3 Å². The molecule has 0 saturated carbocycles. The monoisotopic (exact) mass is 177 g/mol. The summed E-state index contributed by atoms with van der Waals surface area (Å²) in [6, 6.07) is -0.561. The Morgan fingerprint density at radius 2 is 2.08 bits per heavy atom. The lowest BCUT2D eigenvalue weighted by molar-refractivity contribution is -0.123. The van der Waals surface area contributed by atoms with Crippen molar-refractivity contribution < 1.29 is 19.7 Å². The van der Waals surface area contributed by atoms with Crippen molar-refractivity contribution in [3.63, 3.8) is 0 Å². The molecule has 0 fully saturated rings. The van der Waals surface area contributed by atoms with Gasteiger partial charge in [-0.2, -0.15) is 0 Å². The van der Waals surface area contributed by atoms with Crippen molar-refractivity contribution >= 4 is 5.91 Å². The highest BCUT2D eigenvalue weighted by Gasteiger charge is 2.08. The molecular formula is C7H15NO4. The second-order valence-corrected chi connectivity index (χ2v) is 2.37. The Bertz CT molecular complexity index is 125. The number of amides is 1. The summed E-state index contributed by atoms with van der Waals surface area (Å²) in [5.74, 6) is -0.232. The maximum Gasteiger partial charge on any atom is 0.222 e. The Hall–Kier alpha value is -0.650. The number of carbonyl (C=O) groups is 1. The number of hydrogen-bond donors (Lipinski definition) is 3. The largest absolute Gasteiger partial charge is 0.394 e. The van der Waals surface area contributed by atoms with Gasteiger partial charge >= 0.3 is 0 Å². The van der Waals surface area contributed by atoms with E-state index >= 15 is 0 Å². The zero-order valence-corrected chi connectivity index (χ0v) is 7.12. The van der Waals surface area contributed by atoms with Crippen LogP contribution >= 0.6 is 0 Å². The highest BCUT2D eigenvalue weighted by Crippen LogP contribution is 1.84. The van der Waals surface area contributed by atoms with Crippen LogP contribution in [0.15, 0.2) is 0 Å². The first-order valence-corrected chi connectivity index (χ1v) is 3.74. The van der Waals surface area contributed by atoms with E-state index in [0.29, 0.717) is 6.61 Å². The zero-order chi connectivity index (χ0) is 9.40. The van der Waals surface area contributed by atoms with E-state index in [0.717, 1.165) is 0 Å². The molecule has 0 aromatic heterocycles. The van der Waals surface area contributed by atoms with Gasteiger partial charge in [-0.25, -0.2) is 0 Å². The highest BCUT2D eigenvalue weighted by atomic mass is 16.5. The van der Waals surface area contributed by atoms with Gasteiger partial charge in [-0.15, -0.1) is 0 Å². The minimum atomic E-state index is -0.561. The first-order valence-electron chi connectivity index (χ1n) is 3.74. The summed E-state index contributed by atoms with van der Waals surface area (Å²) in [7, 11) is 1.50. The van der Waals surface area contributed by atoms with E-state index in [4.69, 9.17) is 10.2 Å². The molecule has 3 N–H and O–H groups in total.